The van der Waals surface area contributed by atoms with E-state index in [1.54, 1.807) is 7.11 Å². The van der Waals surface area contributed by atoms with Crippen LogP contribution in [-0.4, -0.2) is 45.2 Å². The van der Waals surface area contributed by atoms with Gasteiger partial charge in [0.1, 0.15) is 5.75 Å². The molecule has 0 spiro atoms. The van der Waals surface area contributed by atoms with Gasteiger partial charge in [0.05, 0.1) is 13.7 Å². The first-order chi connectivity index (χ1) is 13.5. The van der Waals surface area contributed by atoms with Crippen molar-refractivity contribution in [1.29, 1.82) is 0 Å². The average molecular weight is 383 g/mol. The van der Waals surface area contributed by atoms with Crippen molar-refractivity contribution in [3.63, 3.8) is 0 Å². The quantitative estimate of drug-likeness (QED) is 0.516. The van der Waals surface area contributed by atoms with E-state index in [2.05, 4.69) is 85.9 Å². The molecule has 5 nitrogen and oxygen atoms in total. The highest BCUT2D eigenvalue weighted by Gasteiger charge is 2.05. The molecule has 0 amide bonds. The third-order valence-electron chi connectivity index (χ3n) is 4.54. The molecular weight excluding hydrogens is 348 g/mol. The molecule has 0 aromatic heterocycles. The second-order valence-corrected chi connectivity index (χ2v) is 7.18. The lowest BCUT2D eigenvalue weighted by atomic mass is 10.1. The summed E-state index contributed by atoms with van der Waals surface area (Å²) in [6, 6.07) is 14.9. The van der Waals surface area contributed by atoms with Gasteiger partial charge >= 0.3 is 0 Å². The minimum Gasteiger partial charge on any atom is -0.496 e. The van der Waals surface area contributed by atoms with Gasteiger partial charge in [0.2, 0.25) is 0 Å². The molecule has 0 fully saturated rings. The van der Waals surface area contributed by atoms with Crippen LogP contribution in [0, 0.1) is 6.92 Å². The van der Waals surface area contributed by atoms with E-state index in [0.29, 0.717) is 6.54 Å². The van der Waals surface area contributed by atoms with Gasteiger partial charge in [-0.3, -0.25) is 0 Å². The number of nitrogens with zero attached hydrogens (tertiary/aromatic N) is 2. The molecule has 2 aromatic carbocycles. The molecule has 2 N–H and O–H groups in total. The van der Waals surface area contributed by atoms with Crippen LogP contribution in [0.15, 0.2) is 47.5 Å². The molecule has 0 unspecified atom stereocenters. The lowest BCUT2D eigenvalue weighted by molar-refractivity contribution is 0.401. The predicted molar refractivity (Wildman–Crippen MR) is 118 cm³/mol. The molecule has 0 radical (unpaired) electrons. The fraction of sp³-hybridized carbons (Fsp3) is 0.435. The van der Waals surface area contributed by atoms with Crippen LogP contribution in [-0.2, 0) is 19.5 Å². The van der Waals surface area contributed by atoms with E-state index < -0.39 is 0 Å². The molecule has 28 heavy (non-hydrogen) atoms. The van der Waals surface area contributed by atoms with Crippen LogP contribution in [0.5, 0.6) is 5.75 Å². The van der Waals surface area contributed by atoms with Crippen LogP contribution >= 0.6 is 0 Å². The second-order valence-electron chi connectivity index (χ2n) is 7.18. The Morgan fingerprint density at radius 3 is 2.50 bits per heavy atom. The number of hydrogen-bond donors (Lipinski definition) is 2. The lowest BCUT2D eigenvalue weighted by Gasteiger charge is -2.15. The van der Waals surface area contributed by atoms with Gasteiger partial charge in [-0.15, -0.1) is 0 Å². The van der Waals surface area contributed by atoms with Crippen molar-refractivity contribution in [3.8, 4) is 5.75 Å². The normalized spacial score (nSPS) is 11.6. The zero-order valence-corrected chi connectivity index (χ0v) is 17.9. The number of aliphatic imine (C=N–C) groups is 1. The van der Waals surface area contributed by atoms with Crippen LogP contribution in [0.3, 0.4) is 0 Å². The van der Waals surface area contributed by atoms with E-state index in [-0.39, 0.29) is 0 Å². The summed E-state index contributed by atoms with van der Waals surface area (Å²) in [5.41, 5.74) is 4.99. The first-order valence-electron chi connectivity index (χ1n) is 9.90. The maximum atomic E-state index is 5.42. The van der Waals surface area contributed by atoms with Crippen LogP contribution in [0.4, 0.5) is 0 Å². The minimum atomic E-state index is 0.664. The van der Waals surface area contributed by atoms with Gasteiger partial charge in [0.15, 0.2) is 5.96 Å². The number of guanidine groups is 1. The van der Waals surface area contributed by atoms with E-state index in [1.165, 1.54) is 16.7 Å². The van der Waals surface area contributed by atoms with Crippen LogP contribution in [0.1, 0.15) is 29.2 Å². The molecule has 0 heterocycles. The van der Waals surface area contributed by atoms with Crippen LogP contribution in [0.2, 0.25) is 0 Å². The average Bonchev–Trinajstić information content (AvgIpc) is 2.68. The summed E-state index contributed by atoms with van der Waals surface area (Å²) in [7, 11) is 5.89. The van der Waals surface area contributed by atoms with E-state index in [1.807, 2.05) is 0 Å². The van der Waals surface area contributed by atoms with Gasteiger partial charge in [0.25, 0.3) is 0 Å². The molecule has 152 valence electrons. The fourth-order valence-electron chi connectivity index (χ4n) is 3.06. The molecule has 5 heteroatoms. The Morgan fingerprint density at radius 1 is 1.07 bits per heavy atom. The summed E-state index contributed by atoms with van der Waals surface area (Å²) < 4.78 is 5.42. The predicted octanol–water partition coefficient (Wildman–Crippen LogP) is 3.36. The molecule has 0 bridgehead atoms. The SMILES string of the molecule is CCNC(=NCc1ccccc1CN(C)C)NCCc1ccc(C)c(OC)c1. The van der Waals surface area contributed by atoms with Gasteiger partial charge < -0.3 is 20.3 Å². The number of hydrogen-bond acceptors (Lipinski definition) is 3. The molecular formula is C23H34N4O. The van der Waals surface area contributed by atoms with Gasteiger partial charge in [-0.2, -0.15) is 0 Å². The monoisotopic (exact) mass is 382 g/mol. The smallest absolute Gasteiger partial charge is 0.191 e. The molecule has 0 saturated carbocycles. The number of rotatable bonds is 9. The van der Waals surface area contributed by atoms with E-state index in [4.69, 9.17) is 9.73 Å². The standard InChI is InChI=1S/C23H34N4O/c1-6-24-23(25-14-13-19-12-11-18(2)22(15-19)28-5)26-16-20-9-7-8-10-21(20)17-27(3)4/h7-12,15H,6,13-14,16-17H2,1-5H3,(H2,24,25,26). The Balaban J connectivity index is 1.97. The molecule has 0 aliphatic carbocycles. The second kappa shape index (κ2) is 11.3. The van der Waals surface area contributed by atoms with Crippen molar-refractivity contribution in [2.24, 2.45) is 4.99 Å². The van der Waals surface area contributed by atoms with Crippen molar-refractivity contribution in [2.45, 2.75) is 33.4 Å². The Labute approximate surface area is 169 Å². The van der Waals surface area contributed by atoms with Crippen molar-refractivity contribution in [1.82, 2.24) is 15.5 Å². The summed E-state index contributed by atoms with van der Waals surface area (Å²) in [4.78, 5) is 6.96. The summed E-state index contributed by atoms with van der Waals surface area (Å²) in [6.07, 6.45) is 0.915. The first-order valence-corrected chi connectivity index (χ1v) is 9.90. The first kappa shape index (κ1) is 21.8. The number of methoxy groups -OCH3 is 1. The Kier molecular flexibility index (Phi) is 8.82. The summed E-state index contributed by atoms with van der Waals surface area (Å²) in [5, 5.41) is 6.77. The summed E-state index contributed by atoms with van der Waals surface area (Å²) >= 11 is 0. The zero-order valence-electron chi connectivity index (χ0n) is 17.9. The highest BCUT2D eigenvalue weighted by Crippen LogP contribution is 2.19. The van der Waals surface area contributed by atoms with E-state index >= 15 is 0 Å². The number of benzene rings is 2. The largest absolute Gasteiger partial charge is 0.496 e. The molecule has 0 aliphatic rings. The van der Waals surface area contributed by atoms with Crippen LogP contribution in [0.25, 0.3) is 0 Å². The highest BCUT2D eigenvalue weighted by molar-refractivity contribution is 5.79. The lowest BCUT2D eigenvalue weighted by Crippen LogP contribution is -2.38. The van der Waals surface area contributed by atoms with Gasteiger partial charge in [-0.1, -0.05) is 36.4 Å². The summed E-state index contributed by atoms with van der Waals surface area (Å²) in [6.45, 7) is 7.39. The van der Waals surface area contributed by atoms with Crippen molar-refractivity contribution in [3.05, 3.63) is 64.7 Å². The molecule has 0 atom stereocenters. The van der Waals surface area contributed by atoms with Gasteiger partial charge in [-0.25, -0.2) is 4.99 Å². The number of ether oxygens (including phenoxy) is 1. The Hall–Kier alpha value is -2.53. The summed E-state index contributed by atoms with van der Waals surface area (Å²) in [5.74, 6) is 1.79. The van der Waals surface area contributed by atoms with E-state index in [0.717, 1.165) is 43.3 Å². The maximum absolute atomic E-state index is 5.42. The maximum Gasteiger partial charge on any atom is 0.191 e. The van der Waals surface area contributed by atoms with Crippen molar-refractivity contribution >= 4 is 5.96 Å². The number of nitrogens with one attached hydrogen (secondary N) is 2. The van der Waals surface area contributed by atoms with E-state index in [9.17, 15) is 0 Å². The van der Waals surface area contributed by atoms with Gasteiger partial charge in [0, 0.05) is 19.6 Å². The topological polar surface area (TPSA) is 48.9 Å². The number of aryl methyl sites for hydroxylation is 1. The van der Waals surface area contributed by atoms with Gasteiger partial charge in [-0.05, 0) is 62.7 Å². The Bertz CT molecular complexity index is 771. The Morgan fingerprint density at radius 2 is 1.82 bits per heavy atom. The molecule has 0 saturated heterocycles. The fourth-order valence-corrected chi connectivity index (χ4v) is 3.06. The zero-order chi connectivity index (χ0) is 20.4. The molecule has 0 aliphatic heterocycles. The molecule has 2 rings (SSSR count). The van der Waals surface area contributed by atoms with Crippen molar-refractivity contribution in [2.75, 3.05) is 34.3 Å². The van der Waals surface area contributed by atoms with Crippen molar-refractivity contribution < 1.29 is 4.74 Å². The third kappa shape index (κ3) is 6.89. The molecule has 2 aromatic rings. The minimum absolute atomic E-state index is 0.664. The third-order valence-corrected chi connectivity index (χ3v) is 4.54. The van der Waals surface area contributed by atoms with Crippen LogP contribution < -0.4 is 15.4 Å². The highest BCUT2D eigenvalue weighted by atomic mass is 16.5.